The second-order valence-electron chi connectivity index (χ2n) is 6.49. The number of likely N-dealkylation sites (tertiary alicyclic amines) is 1. The quantitative estimate of drug-likeness (QED) is 0.940. The number of carbonyl (C=O) groups is 2. The van der Waals surface area contributed by atoms with E-state index in [-0.39, 0.29) is 5.91 Å². The van der Waals surface area contributed by atoms with Gasteiger partial charge in [-0.25, -0.2) is 0 Å². The van der Waals surface area contributed by atoms with Crippen LogP contribution in [0.4, 0.5) is 0 Å². The zero-order valence-electron chi connectivity index (χ0n) is 13.8. The molecule has 2 N–H and O–H groups in total. The molecular formula is C20H22N2O2. The Kier molecular flexibility index (Phi) is 4.38. The SMILES string of the molecule is CC1(C(N)=O)CCCN1C(=O)C(c1ccccc1)c1ccccc1. The molecule has 24 heavy (non-hydrogen) atoms. The van der Waals surface area contributed by atoms with Crippen molar-refractivity contribution >= 4 is 11.8 Å². The number of primary amides is 1. The molecule has 1 aliphatic rings. The molecule has 3 rings (SSSR count). The van der Waals surface area contributed by atoms with Crippen LogP contribution in [0.3, 0.4) is 0 Å². The summed E-state index contributed by atoms with van der Waals surface area (Å²) in [6.07, 6.45) is 1.41. The molecule has 0 saturated carbocycles. The molecule has 4 heteroatoms. The lowest BCUT2D eigenvalue weighted by atomic mass is 9.88. The third-order valence-corrected chi connectivity index (χ3v) is 4.95. The highest BCUT2D eigenvalue weighted by molar-refractivity contribution is 5.94. The number of nitrogens with two attached hydrogens (primary N) is 1. The van der Waals surface area contributed by atoms with Crippen molar-refractivity contribution < 1.29 is 9.59 Å². The summed E-state index contributed by atoms with van der Waals surface area (Å²) in [5, 5.41) is 0. The normalized spacial score (nSPS) is 20.3. The molecule has 0 radical (unpaired) electrons. The number of amides is 2. The average molecular weight is 322 g/mol. The summed E-state index contributed by atoms with van der Waals surface area (Å²) in [5.74, 6) is -0.927. The summed E-state index contributed by atoms with van der Waals surface area (Å²) < 4.78 is 0. The first-order valence-electron chi connectivity index (χ1n) is 8.25. The van der Waals surface area contributed by atoms with Crippen molar-refractivity contribution in [3.05, 3.63) is 71.8 Å². The van der Waals surface area contributed by atoms with E-state index in [2.05, 4.69) is 0 Å². The molecule has 2 aromatic carbocycles. The first kappa shape index (κ1) is 16.2. The van der Waals surface area contributed by atoms with Gasteiger partial charge in [-0.2, -0.15) is 0 Å². The van der Waals surface area contributed by atoms with E-state index in [1.165, 1.54) is 0 Å². The van der Waals surface area contributed by atoms with E-state index in [0.29, 0.717) is 13.0 Å². The largest absolute Gasteiger partial charge is 0.368 e. The van der Waals surface area contributed by atoms with Gasteiger partial charge in [0.15, 0.2) is 0 Å². The van der Waals surface area contributed by atoms with Crippen molar-refractivity contribution in [2.45, 2.75) is 31.2 Å². The summed E-state index contributed by atoms with van der Waals surface area (Å²) >= 11 is 0. The van der Waals surface area contributed by atoms with Crippen LogP contribution in [-0.2, 0) is 9.59 Å². The van der Waals surface area contributed by atoms with E-state index in [1.807, 2.05) is 60.7 Å². The van der Waals surface area contributed by atoms with Crippen LogP contribution in [0.5, 0.6) is 0 Å². The van der Waals surface area contributed by atoms with Crippen LogP contribution in [-0.4, -0.2) is 28.8 Å². The number of benzene rings is 2. The Hall–Kier alpha value is -2.62. The van der Waals surface area contributed by atoms with Crippen molar-refractivity contribution in [3.8, 4) is 0 Å². The maximum absolute atomic E-state index is 13.4. The Bertz CT molecular complexity index is 690. The lowest BCUT2D eigenvalue weighted by molar-refractivity contribution is -0.143. The van der Waals surface area contributed by atoms with E-state index in [9.17, 15) is 9.59 Å². The molecule has 2 aromatic rings. The molecule has 1 fully saturated rings. The second kappa shape index (κ2) is 6.48. The Labute approximate surface area is 142 Å². The molecule has 1 heterocycles. The highest BCUT2D eigenvalue weighted by atomic mass is 16.2. The Morgan fingerprint density at radius 3 is 1.96 bits per heavy atom. The van der Waals surface area contributed by atoms with Gasteiger partial charge >= 0.3 is 0 Å². The number of nitrogens with zero attached hydrogens (tertiary/aromatic N) is 1. The maximum Gasteiger partial charge on any atom is 0.243 e. The smallest absolute Gasteiger partial charge is 0.243 e. The van der Waals surface area contributed by atoms with Crippen LogP contribution in [0.2, 0.25) is 0 Å². The van der Waals surface area contributed by atoms with Gasteiger partial charge in [-0.15, -0.1) is 0 Å². The topological polar surface area (TPSA) is 63.4 Å². The summed E-state index contributed by atoms with van der Waals surface area (Å²) in [6, 6.07) is 19.4. The Morgan fingerprint density at radius 1 is 1.00 bits per heavy atom. The van der Waals surface area contributed by atoms with Crippen LogP contribution in [0.1, 0.15) is 36.8 Å². The highest BCUT2D eigenvalue weighted by Crippen LogP contribution is 2.35. The molecule has 1 saturated heterocycles. The minimum Gasteiger partial charge on any atom is -0.368 e. The molecule has 4 nitrogen and oxygen atoms in total. The minimum atomic E-state index is -0.904. The van der Waals surface area contributed by atoms with Crippen molar-refractivity contribution in [1.82, 2.24) is 4.90 Å². The van der Waals surface area contributed by atoms with Gasteiger partial charge in [-0.3, -0.25) is 9.59 Å². The van der Waals surface area contributed by atoms with Crippen molar-refractivity contribution in [2.24, 2.45) is 5.73 Å². The van der Waals surface area contributed by atoms with Crippen LogP contribution >= 0.6 is 0 Å². The average Bonchev–Trinajstić information content (AvgIpc) is 3.00. The molecule has 1 unspecified atom stereocenters. The Balaban J connectivity index is 2.03. The van der Waals surface area contributed by atoms with E-state index in [4.69, 9.17) is 5.73 Å². The van der Waals surface area contributed by atoms with Gasteiger partial charge in [-0.05, 0) is 30.9 Å². The summed E-state index contributed by atoms with van der Waals surface area (Å²) in [6.45, 7) is 2.34. The lowest BCUT2D eigenvalue weighted by Gasteiger charge is -2.35. The zero-order valence-corrected chi connectivity index (χ0v) is 13.8. The summed E-state index contributed by atoms with van der Waals surface area (Å²) in [7, 11) is 0. The second-order valence-corrected chi connectivity index (χ2v) is 6.49. The van der Waals surface area contributed by atoms with E-state index >= 15 is 0 Å². The summed E-state index contributed by atoms with van der Waals surface area (Å²) in [5.41, 5.74) is 6.55. The fourth-order valence-corrected chi connectivity index (χ4v) is 3.50. The third kappa shape index (κ3) is 2.80. The van der Waals surface area contributed by atoms with Crippen LogP contribution in [0, 0.1) is 0 Å². The van der Waals surface area contributed by atoms with Gasteiger partial charge in [0.1, 0.15) is 5.54 Å². The zero-order chi connectivity index (χ0) is 17.2. The highest BCUT2D eigenvalue weighted by Gasteiger charge is 2.46. The van der Waals surface area contributed by atoms with Crippen molar-refractivity contribution in [2.75, 3.05) is 6.54 Å². The van der Waals surface area contributed by atoms with Crippen LogP contribution < -0.4 is 5.73 Å². The molecule has 0 bridgehead atoms. The van der Waals surface area contributed by atoms with Gasteiger partial charge in [0, 0.05) is 6.54 Å². The molecule has 124 valence electrons. The minimum absolute atomic E-state index is 0.0637. The predicted molar refractivity (Wildman–Crippen MR) is 93.3 cm³/mol. The number of hydrogen-bond acceptors (Lipinski definition) is 2. The van der Waals surface area contributed by atoms with Gasteiger partial charge in [-0.1, -0.05) is 60.7 Å². The van der Waals surface area contributed by atoms with Crippen LogP contribution in [0.15, 0.2) is 60.7 Å². The fourth-order valence-electron chi connectivity index (χ4n) is 3.50. The number of hydrogen-bond donors (Lipinski definition) is 1. The first-order valence-corrected chi connectivity index (χ1v) is 8.25. The van der Waals surface area contributed by atoms with Crippen LogP contribution in [0.25, 0.3) is 0 Å². The van der Waals surface area contributed by atoms with E-state index in [0.717, 1.165) is 17.5 Å². The maximum atomic E-state index is 13.4. The van der Waals surface area contributed by atoms with Gasteiger partial charge in [0.05, 0.1) is 5.92 Å². The molecule has 0 aromatic heterocycles. The molecule has 1 atom stereocenters. The molecule has 0 spiro atoms. The Morgan fingerprint density at radius 2 is 1.50 bits per heavy atom. The molecule has 2 amide bonds. The predicted octanol–water partition coefficient (Wildman–Crippen LogP) is 2.68. The molecule has 0 aliphatic carbocycles. The van der Waals surface area contributed by atoms with E-state index in [1.54, 1.807) is 11.8 Å². The molecular weight excluding hydrogens is 300 g/mol. The van der Waals surface area contributed by atoms with E-state index < -0.39 is 17.4 Å². The molecule has 1 aliphatic heterocycles. The number of carbonyl (C=O) groups excluding carboxylic acids is 2. The van der Waals surface area contributed by atoms with Gasteiger partial charge in [0.2, 0.25) is 11.8 Å². The monoisotopic (exact) mass is 322 g/mol. The van der Waals surface area contributed by atoms with Gasteiger partial charge < -0.3 is 10.6 Å². The van der Waals surface area contributed by atoms with Crippen molar-refractivity contribution in [1.29, 1.82) is 0 Å². The summed E-state index contributed by atoms with van der Waals surface area (Å²) in [4.78, 5) is 27.0. The van der Waals surface area contributed by atoms with Gasteiger partial charge in [0.25, 0.3) is 0 Å². The third-order valence-electron chi connectivity index (χ3n) is 4.95. The number of rotatable bonds is 4. The van der Waals surface area contributed by atoms with Crippen molar-refractivity contribution in [3.63, 3.8) is 0 Å². The lowest BCUT2D eigenvalue weighted by Crippen LogP contribution is -2.55. The first-order chi connectivity index (χ1) is 11.5. The fraction of sp³-hybridized carbons (Fsp3) is 0.300. The standard InChI is InChI=1S/C20H22N2O2/c1-20(19(21)24)13-8-14-22(20)18(23)17(15-9-4-2-5-10-15)16-11-6-3-7-12-16/h2-7,9-12,17H,8,13-14H2,1H3,(H2,21,24).